The Bertz CT molecular complexity index is 1020. The van der Waals surface area contributed by atoms with E-state index in [0.717, 1.165) is 44.8 Å². The molecule has 0 bridgehead atoms. The van der Waals surface area contributed by atoms with Crippen molar-refractivity contribution in [3.8, 4) is 5.75 Å². The fourth-order valence-electron chi connectivity index (χ4n) is 4.33. The predicted octanol–water partition coefficient (Wildman–Crippen LogP) is 4.13. The smallest absolute Gasteiger partial charge is 0.118 e. The molecule has 0 radical (unpaired) electrons. The maximum Gasteiger partial charge on any atom is 0.118 e. The monoisotopic (exact) mass is 421 g/mol. The molecule has 0 spiro atoms. The number of ether oxygens (including phenoxy) is 1. The largest absolute Gasteiger partial charge is 0.497 e. The summed E-state index contributed by atoms with van der Waals surface area (Å²) in [6.45, 7) is 10.7. The van der Waals surface area contributed by atoms with Crippen molar-refractivity contribution in [3.63, 3.8) is 0 Å². The Morgan fingerprint density at radius 3 is 2.55 bits per heavy atom. The number of rotatable bonds is 8. The number of methoxy groups -OCH3 is 1. The highest BCUT2D eigenvalue weighted by Gasteiger charge is 2.25. The molecule has 6 heteroatoms. The summed E-state index contributed by atoms with van der Waals surface area (Å²) in [5, 5.41) is 4.42. The second-order valence-corrected chi connectivity index (χ2v) is 9.12. The first-order valence-corrected chi connectivity index (χ1v) is 11.3. The first kappa shape index (κ1) is 21.6. The molecular weight excluding hydrogens is 386 g/mol. The van der Waals surface area contributed by atoms with Gasteiger partial charge in [-0.3, -0.25) is 9.58 Å². The van der Waals surface area contributed by atoms with E-state index >= 15 is 0 Å². The third kappa shape index (κ3) is 4.85. The summed E-state index contributed by atoms with van der Waals surface area (Å²) < 4.78 is 9.77. The van der Waals surface area contributed by atoms with E-state index in [-0.39, 0.29) is 0 Å². The quantitative estimate of drug-likeness (QED) is 0.549. The minimum absolute atomic E-state index is 0.687. The Hall–Kier alpha value is -2.60. The molecule has 0 atom stereocenters. The molecule has 3 aromatic rings. The van der Waals surface area contributed by atoms with Gasteiger partial charge in [0.25, 0.3) is 0 Å². The van der Waals surface area contributed by atoms with Crippen LogP contribution in [0.2, 0.25) is 0 Å². The molecule has 31 heavy (non-hydrogen) atoms. The van der Waals surface area contributed by atoms with E-state index in [1.165, 1.54) is 40.5 Å². The zero-order valence-electron chi connectivity index (χ0n) is 19.6. The summed E-state index contributed by atoms with van der Waals surface area (Å²) in [5.74, 6) is 2.84. The Balaban J connectivity index is 1.58. The molecule has 6 nitrogen and oxygen atoms in total. The van der Waals surface area contributed by atoms with E-state index in [0.29, 0.717) is 5.92 Å². The van der Waals surface area contributed by atoms with Gasteiger partial charge >= 0.3 is 0 Å². The van der Waals surface area contributed by atoms with Crippen molar-refractivity contribution >= 4 is 0 Å². The average molecular weight is 422 g/mol. The molecule has 0 fully saturated rings. The minimum Gasteiger partial charge on any atom is -0.497 e. The number of nitrogens with zero attached hydrogens (tertiary/aromatic N) is 5. The Morgan fingerprint density at radius 2 is 1.90 bits per heavy atom. The van der Waals surface area contributed by atoms with Crippen LogP contribution in [0.4, 0.5) is 0 Å². The normalized spacial score (nSPS) is 14.3. The van der Waals surface area contributed by atoms with Gasteiger partial charge in [-0.05, 0) is 37.0 Å². The molecule has 166 valence electrons. The third-order valence-corrected chi connectivity index (χ3v) is 6.45. The van der Waals surface area contributed by atoms with Crippen LogP contribution in [0.15, 0.2) is 30.5 Å². The zero-order chi connectivity index (χ0) is 22.0. The van der Waals surface area contributed by atoms with Crippen molar-refractivity contribution in [2.24, 2.45) is 13.0 Å². The standard InChI is InChI=1S/C25H35N5O/c1-18(2)6-11-25-27-23(14-20-7-9-22(31-5)10-8-20)24-17-29(12-13-30(24)25)16-21-15-26-28(4)19(21)3/h7-10,15,18H,6,11-14,16-17H2,1-5H3. The van der Waals surface area contributed by atoms with E-state index in [9.17, 15) is 0 Å². The number of benzene rings is 1. The van der Waals surface area contributed by atoms with E-state index in [1.807, 2.05) is 30.1 Å². The number of hydrogen-bond acceptors (Lipinski definition) is 4. The van der Waals surface area contributed by atoms with Gasteiger partial charge in [-0.2, -0.15) is 5.10 Å². The van der Waals surface area contributed by atoms with Crippen molar-refractivity contribution in [1.29, 1.82) is 0 Å². The molecular formula is C25H35N5O. The van der Waals surface area contributed by atoms with E-state index < -0.39 is 0 Å². The molecule has 0 amide bonds. The van der Waals surface area contributed by atoms with Crippen molar-refractivity contribution in [2.45, 2.75) is 59.7 Å². The molecule has 2 aromatic heterocycles. The highest BCUT2D eigenvalue weighted by Crippen LogP contribution is 2.25. The van der Waals surface area contributed by atoms with Gasteiger partial charge in [0.15, 0.2) is 0 Å². The van der Waals surface area contributed by atoms with Gasteiger partial charge in [-0.15, -0.1) is 0 Å². The molecule has 1 aliphatic rings. The number of aryl methyl sites for hydroxylation is 2. The van der Waals surface area contributed by atoms with Crippen molar-refractivity contribution in [2.75, 3.05) is 13.7 Å². The Morgan fingerprint density at radius 1 is 1.13 bits per heavy atom. The predicted molar refractivity (Wildman–Crippen MR) is 123 cm³/mol. The van der Waals surface area contributed by atoms with Crippen LogP contribution in [-0.2, 0) is 39.5 Å². The molecule has 0 saturated carbocycles. The maximum absolute atomic E-state index is 5.32. The lowest BCUT2D eigenvalue weighted by Crippen LogP contribution is -2.34. The molecule has 4 rings (SSSR count). The highest BCUT2D eigenvalue weighted by atomic mass is 16.5. The van der Waals surface area contributed by atoms with Crippen molar-refractivity contribution in [3.05, 3.63) is 64.5 Å². The summed E-state index contributed by atoms with van der Waals surface area (Å²) in [7, 11) is 3.72. The summed E-state index contributed by atoms with van der Waals surface area (Å²) >= 11 is 0. The number of imidazole rings is 1. The van der Waals surface area contributed by atoms with Crippen LogP contribution >= 0.6 is 0 Å². The lowest BCUT2D eigenvalue weighted by molar-refractivity contribution is 0.209. The fraction of sp³-hybridized carbons (Fsp3) is 0.520. The second-order valence-electron chi connectivity index (χ2n) is 9.12. The van der Waals surface area contributed by atoms with Gasteiger partial charge in [0.1, 0.15) is 11.6 Å². The molecule has 3 heterocycles. The number of fused-ring (bicyclic) bond motifs is 1. The summed E-state index contributed by atoms with van der Waals surface area (Å²) in [5.41, 5.74) is 6.43. The number of hydrogen-bond donors (Lipinski definition) is 0. The first-order valence-electron chi connectivity index (χ1n) is 11.3. The second kappa shape index (κ2) is 9.27. The summed E-state index contributed by atoms with van der Waals surface area (Å²) in [6.07, 6.45) is 5.10. The number of aromatic nitrogens is 4. The third-order valence-electron chi connectivity index (χ3n) is 6.45. The molecule has 1 aliphatic heterocycles. The summed E-state index contributed by atoms with van der Waals surface area (Å²) in [6, 6.07) is 8.37. The molecule has 0 saturated heterocycles. The lowest BCUT2D eigenvalue weighted by atomic mass is 10.1. The molecule has 1 aromatic carbocycles. The molecule has 0 aliphatic carbocycles. The van der Waals surface area contributed by atoms with Gasteiger partial charge in [0.2, 0.25) is 0 Å². The first-order chi connectivity index (χ1) is 14.9. The molecule has 0 unspecified atom stereocenters. The lowest BCUT2D eigenvalue weighted by Gasteiger charge is -2.29. The topological polar surface area (TPSA) is 48.1 Å². The maximum atomic E-state index is 5.32. The van der Waals surface area contributed by atoms with Crippen LogP contribution in [0.25, 0.3) is 0 Å². The van der Waals surface area contributed by atoms with Gasteiger partial charge in [0.05, 0.1) is 24.7 Å². The van der Waals surface area contributed by atoms with Gasteiger partial charge in [-0.1, -0.05) is 26.0 Å². The van der Waals surface area contributed by atoms with Crippen molar-refractivity contribution in [1.82, 2.24) is 24.2 Å². The average Bonchev–Trinajstić information content (AvgIpc) is 3.27. The van der Waals surface area contributed by atoms with E-state index in [2.05, 4.69) is 47.5 Å². The van der Waals surface area contributed by atoms with Crippen LogP contribution in [0.1, 0.15) is 54.3 Å². The van der Waals surface area contributed by atoms with E-state index in [4.69, 9.17) is 9.72 Å². The van der Waals surface area contributed by atoms with Crippen LogP contribution in [0.5, 0.6) is 5.75 Å². The van der Waals surface area contributed by atoms with Gasteiger partial charge in [0, 0.05) is 57.3 Å². The molecule has 0 N–H and O–H groups in total. The van der Waals surface area contributed by atoms with Gasteiger partial charge < -0.3 is 9.30 Å². The van der Waals surface area contributed by atoms with Crippen LogP contribution in [0, 0.1) is 12.8 Å². The Labute approximate surface area is 185 Å². The fourth-order valence-corrected chi connectivity index (χ4v) is 4.33. The van der Waals surface area contributed by atoms with Crippen LogP contribution in [0.3, 0.4) is 0 Å². The zero-order valence-corrected chi connectivity index (χ0v) is 19.6. The van der Waals surface area contributed by atoms with Crippen LogP contribution in [-0.4, -0.2) is 37.9 Å². The van der Waals surface area contributed by atoms with Gasteiger partial charge in [-0.25, -0.2) is 4.98 Å². The Kier molecular flexibility index (Phi) is 6.46. The SMILES string of the molecule is COc1ccc(Cc2nc(CCC(C)C)n3c2CN(Cc2cnn(C)c2C)CC3)cc1. The van der Waals surface area contributed by atoms with E-state index in [1.54, 1.807) is 7.11 Å². The summed E-state index contributed by atoms with van der Waals surface area (Å²) in [4.78, 5) is 7.69. The minimum atomic E-state index is 0.687. The van der Waals surface area contributed by atoms with Crippen LogP contribution < -0.4 is 4.74 Å². The highest BCUT2D eigenvalue weighted by molar-refractivity contribution is 5.32. The van der Waals surface area contributed by atoms with Crippen molar-refractivity contribution < 1.29 is 4.74 Å².